The van der Waals surface area contributed by atoms with Gasteiger partial charge in [0.05, 0.1) is 12.6 Å². The largest absolute Gasteiger partial charge is 0.376 e. The van der Waals surface area contributed by atoms with Gasteiger partial charge in [-0.2, -0.15) is 11.8 Å². The van der Waals surface area contributed by atoms with Gasteiger partial charge in [0.15, 0.2) is 0 Å². The number of ether oxygens (including phenoxy) is 1. The molecule has 1 amide bonds. The van der Waals surface area contributed by atoms with Crippen LogP contribution in [-0.2, 0) is 9.53 Å². The average Bonchev–Trinajstić information content (AvgIpc) is 3.08. The van der Waals surface area contributed by atoms with Crippen LogP contribution in [0.25, 0.3) is 0 Å². The zero-order valence-corrected chi connectivity index (χ0v) is 13.8. The molecule has 2 rings (SSSR count). The van der Waals surface area contributed by atoms with Crippen molar-refractivity contribution in [1.29, 1.82) is 0 Å². The monoisotopic (exact) mass is 300 g/mol. The van der Waals surface area contributed by atoms with E-state index in [4.69, 9.17) is 4.74 Å². The number of nitrogens with zero attached hydrogens (tertiary/aromatic N) is 2. The SMILES string of the molecule is CC(C)N(C)CC(=O)N(CC1CCCO1)C1CCSC1. The zero-order valence-electron chi connectivity index (χ0n) is 13.0. The normalized spacial score (nSPS) is 26.6. The van der Waals surface area contributed by atoms with Crippen LogP contribution in [0.1, 0.15) is 33.1 Å². The molecular weight excluding hydrogens is 272 g/mol. The molecule has 0 radical (unpaired) electrons. The van der Waals surface area contributed by atoms with Crippen molar-refractivity contribution in [2.24, 2.45) is 0 Å². The molecule has 2 aliphatic heterocycles. The third kappa shape index (κ3) is 4.37. The Balaban J connectivity index is 1.94. The van der Waals surface area contributed by atoms with Crippen molar-refractivity contribution in [2.45, 2.75) is 51.3 Å². The number of amides is 1. The van der Waals surface area contributed by atoms with E-state index < -0.39 is 0 Å². The lowest BCUT2D eigenvalue weighted by Crippen LogP contribution is -2.49. The Morgan fingerprint density at radius 3 is 2.75 bits per heavy atom. The first-order valence-corrected chi connectivity index (χ1v) is 8.92. The van der Waals surface area contributed by atoms with Gasteiger partial charge in [0, 0.05) is 31.0 Å². The summed E-state index contributed by atoms with van der Waals surface area (Å²) in [6, 6.07) is 0.818. The second-order valence-electron chi connectivity index (χ2n) is 6.21. The first-order chi connectivity index (χ1) is 9.58. The fourth-order valence-corrected chi connectivity index (χ4v) is 3.94. The average molecular weight is 300 g/mol. The molecule has 0 aromatic rings. The standard InChI is InChI=1S/C15H28N2O2S/c1-12(2)16(3)10-15(18)17(13-6-8-20-11-13)9-14-5-4-7-19-14/h12-14H,4-11H2,1-3H3. The molecule has 116 valence electrons. The third-order valence-corrected chi connectivity index (χ3v) is 5.50. The molecule has 0 saturated carbocycles. The Hall–Kier alpha value is -0.260. The van der Waals surface area contributed by atoms with Crippen molar-refractivity contribution in [2.75, 3.05) is 38.2 Å². The highest BCUT2D eigenvalue weighted by Gasteiger charge is 2.31. The lowest BCUT2D eigenvalue weighted by molar-refractivity contribution is -0.136. The van der Waals surface area contributed by atoms with Gasteiger partial charge in [0.25, 0.3) is 0 Å². The second-order valence-corrected chi connectivity index (χ2v) is 7.36. The molecule has 2 fully saturated rings. The van der Waals surface area contributed by atoms with E-state index in [1.165, 1.54) is 5.75 Å². The molecule has 0 spiro atoms. The summed E-state index contributed by atoms with van der Waals surface area (Å²) in [7, 11) is 2.02. The van der Waals surface area contributed by atoms with E-state index >= 15 is 0 Å². The van der Waals surface area contributed by atoms with Crippen LogP contribution in [-0.4, -0.2) is 72.1 Å². The Morgan fingerprint density at radius 2 is 2.20 bits per heavy atom. The number of rotatable bonds is 6. The first kappa shape index (κ1) is 16.1. The predicted molar refractivity (Wildman–Crippen MR) is 84.2 cm³/mol. The molecule has 0 bridgehead atoms. The van der Waals surface area contributed by atoms with Crippen molar-refractivity contribution in [3.8, 4) is 0 Å². The fourth-order valence-electron chi connectivity index (χ4n) is 2.72. The maximum Gasteiger partial charge on any atom is 0.237 e. The number of hydrogen-bond acceptors (Lipinski definition) is 4. The van der Waals surface area contributed by atoms with Crippen LogP contribution < -0.4 is 0 Å². The molecule has 0 N–H and O–H groups in total. The Kier molecular flexibility index (Phi) is 6.18. The third-order valence-electron chi connectivity index (χ3n) is 4.36. The summed E-state index contributed by atoms with van der Waals surface area (Å²) in [5, 5.41) is 0. The Labute approximate surface area is 127 Å². The second kappa shape index (κ2) is 7.66. The summed E-state index contributed by atoms with van der Waals surface area (Å²) in [6.07, 6.45) is 3.63. The topological polar surface area (TPSA) is 32.8 Å². The van der Waals surface area contributed by atoms with Gasteiger partial charge in [-0.1, -0.05) is 0 Å². The number of likely N-dealkylation sites (N-methyl/N-ethyl adjacent to an activating group) is 1. The molecule has 4 nitrogen and oxygen atoms in total. The molecule has 20 heavy (non-hydrogen) atoms. The van der Waals surface area contributed by atoms with Crippen molar-refractivity contribution < 1.29 is 9.53 Å². The molecule has 2 unspecified atom stereocenters. The molecule has 2 saturated heterocycles. The van der Waals surface area contributed by atoms with Gasteiger partial charge >= 0.3 is 0 Å². The molecule has 2 heterocycles. The molecule has 5 heteroatoms. The quantitative estimate of drug-likeness (QED) is 0.749. The van der Waals surface area contributed by atoms with Gasteiger partial charge in [-0.25, -0.2) is 0 Å². The van der Waals surface area contributed by atoms with Crippen molar-refractivity contribution in [3.05, 3.63) is 0 Å². The number of thioether (sulfide) groups is 1. The maximum atomic E-state index is 12.7. The molecule has 2 atom stereocenters. The van der Waals surface area contributed by atoms with Crippen LogP contribution in [0.5, 0.6) is 0 Å². The van der Waals surface area contributed by atoms with Gasteiger partial charge in [0.2, 0.25) is 5.91 Å². The van der Waals surface area contributed by atoms with Crippen LogP contribution >= 0.6 is 11.8 Å². The van der Waals surface area contributed by atoms with Gasteiger partial charge < -0.3 is 9.64 Å². The summed E-state index contributed by atoms with van der Waals surface area (Å²) < 4.78 is 5.73. The van der Waals surface area contributed by atoms with Crippen LogP contribution in [0.2, 0.25) is 0 Å². The predicted octanol–water partition coefficient (Wildman–Crippen LogP) is 1.84. The lowest BCUT2D eigenvalue weighted by atomic mass is 10.1. The van der Waals surface area contributed by atoms with E-state index in [1.807, 2.05) is 18.8 Å². The molecule has 0 aromatic carbocycles. The summed E-state index contributed by atoms with van der Waals surface area (Å²) in [5.74, 6) is 2.54. The summed E-state index contributed by atoms with van der Waals surface area (Å²) in [6.45, 7) is 6.42. The zero-order chi connectivity index (χ0) is 14.5. The lowest BCUT2D eigenvalue weighted by Gasteiger charge is -2.33. The highest BCUT2D eigenvalue weighted by Crippen LogP contribution is 2.24. The minimum absolute atomic E-state index is 0.258. The van der Waals surface area contributed by atoms with Crippen LogP contribution in [0.4, 0.5) is 0 Å². The highest BCUT2D eigenvalue weighted by molar-refractivity contribution is 7.99. The molecule has 2 aliphatic rings. The van der Waals surface area contributed by atoms with Crippen LogP contribution in [0, 0.1) is 0 Å². The maximum absolute atomic E-state index is 12.7. The van der Waals surface area contributed by atoms with Crippen molar-refractivity contribution >= 4 is 17.7 Å². The van der Waals surface area contributed by atoms with E-state index in [2.05, 4.69) is 23.6 Å². The van der Waals surface area contributed by atoms with Gasteiger partial charge in [-0.15, -0.1) is 0 Å². The fraction of sp³-hybridized carbons (Fsp3) is 0.933. The van der Waals surface area contributed by atoms with E-state index in [1.54, 1.807) is 0 Å². The summed E-state index contributed by atoms with van der Waals surface area (Å²) in [5.41, 5.74) is 0. The Morgan fingerprint density at radius 1 is 1.40 bits per heavy atom. The summed E-state index contributed by atoms with van der Waals surface area (Å²) in [4.78, 5) is 16.9. The van der Waals surface area contributed by atoms with Gasteiger partial charge in [0.1, 0.15) is 0 Å². The van der Waals surface area contributed by atoms with Crippen LogP contribution in [0.15, 0.2) is 0 Å². The summed E-state index contributed by atoms with van der Waals surface area (Å²) >= 11 is 1.96. The van der Waals surface area contributed by atoms with Gasteiger partial charge in [-0.3, -0.25) is 9.69 Å². The molecule has 0 aliphatic carbocycles. The number of carbonyl (C=O) groups excluding carboxylic acids is 1. The van der Waals surface area contributed by atoms with Crippen molar-refractivity contribution in [1.82, 2.24) is 9.80 Å². The minimum Gasteiger partial charge on any atom is -0.376 e. The minimum atomic E-state index is 0.258. The van der Waals surface area contributed by atoms with E-state index in [0.29, 0.717) is 18.6 Å². The van der Waals surface area contributed by atoms with Crippen molar-refractivity contribution in [3.63, 3.8) is 0 Å². The number of carbonyl (C=O) groups is 1. The van der Waals surface area contributed by atoms with E-state index in [9.17, 15) is 4.79 Å². The van der Waals surface area contributed by atoms with Gasteiger partial charge in [-0.05, 0) is 45.9 Å². The van der Waals surface area contributed by atoms with Crippen LogP contribution in [0.3, 0.4) is 0 Å². The van der Waals surface area contributed by atoms with E-state index in [-0.39, 0.29) is 12.0 Å². The smallest absolute Gasteiger partial charge is 0.237 e. The Bertz CT molecular complexity index is 313. The molecule has 0 aromatic heterocycles. The highest BCUT2D eigenvalue weighted by atomic mass is 32.2. The number of hydrogen-bond donors (Lipinski definition) is 0. The van der Waals surface area contributed by atoms with E-state index in [0.717, 1.165) is 38.2 Å². The first-order valence-electron chi connectivity index (χ1n) is 7.77. The molecular formula is C15H28N2O2S.